The van der Waals surface area contributed by atoms with E-state index in [1.165, 1.54) is 0 Å². The van der Waals surface area contributed by atoms with Crippen LogP contribution >= 0.6 is 0 Å². The first kappa shape index (κ1) is 19.8. The highest BCUT2D eigenvalue weighted by atomic mass is 16.3. The number of hydrogen-bond acceptors (Lipinski definition) is 5. The maximum absolute atomic E-state index is 13.3. The molecule has 0 aromatic carbocycles. The summed E-state index contributed by atoms with van der Waals surface area (Å²) in [6.45, 7) is 4.84. The van der Waals surface area contributed by atoms with Crippen molar-refractivity contribution in [1.29, 1.82) is 0 Å². The first-order valence-electron chi connectivity index (χ1n) is 10.8. The van der Waals surface area contributed by atoms with Crippen molar-refractivity contribution in [2.75, 3.05) is 26.7 Å². The molecule has 1 N–H and O–H groups in total. The topological polar surface area (TPSA) is 87.4 Å². The molecule has 3 atom stereocenters. The van der Waals surface area contributed by atoms with E-state index >= 15 is 0 Å². The van der Waals surface area contributed by atoms with Gasteiger partial charge in [-0.2, -0.15) is 5.10 Å². The Bertz CT molecular complexity index is 1130. The number of hydrogen-bond donors (Lipinski definition) is 1. The normalized spacial score (nSPS) is 22.8. The van der Waals surface area contributed by atoms with Crippen molar-refractivity contribution in [2.45, 2.75) is 31.8 Å². The van der Waals surface area contributed by atoms with Crippen LogP contribution in [0, 0.1) is 5.92 Å². The van der Waals surface area contributed by atoms with E-state index in [0.29, 0.717) is 13.1 Å². The van der Waals surface area contributed by atoms with Gasteiger partial charge in [0.15, 0.2) is 5.76 Å². The van der Waals surface area contributed by atoms with Crippen molar-refractivity contribution in [3.05, 3.63) is 64.4 Å². The van der Waals surface area contributed by atoms with Crippen LogP contribution in [0.1, 0.15) is 36.8 Å². The second-order valence-corrected chi connectivity index (χ2v) is 8.58. The molecule has 1 amide bonds. The minimum atomic E-state index is -0.454. The number of pyridine rings is 1. The molecule has 1 fully saturated rings. The molecule has 31 heavy (non-hydrogen) atoms. The number of furan rings is 1. The van der Waals surface area contributed by atoms with Crippen LogP contribution in [0.5, 0.6) is 0 Å². The van der Waals surface area contributed by atoms with Gasteiger partial charge in [0.05, 0.1) is 6.54 Å². The molecule has 2 aliphatic heterocycles. The molecule has 2 bridgehead atoms. The van der Waals surface area contributed by atoms with Crippen LogP contribution in [0.3, 0.4) is 0 Å². The summed E-state index contributed by atoms with van der Waals surface area (Å²) < 4.78 is 7.79. The molecule has 1 saturated heterocycles. The number of carbonyl (C=O) groups is 1. The SMILES string of the molecule is CCN(C)C(=O)[C@H]1[C@@H]2C[C@@H](CN(Cc3ccc(-c4ccn[nH]4)o3)C2)c2cccc(=O)n21. The lowest BCUT2D eigenvalue weighted by Gasteiger charge is -2.46. The lowest BCUT2D eigenvalue weighted by molar-refractivity contribution is -0.137. The number of H-pyrrole nitrogens is 1. The second-order valence-electron chi connectivity index (χ2n) is 8.58. The van der Waals surface area contributed by atoms with Crippen LogP contribution in [-0.4, -0.2) is 57.2 Å². The highest BCUT2D eigenvalue weighted by molar-refractivity contribution is 5.81. The van der Waals surface area contributed by atoms with E-state index in [1.807, 2.05) is 44.3 Å². The van der Waals surface area contributed by atoms with Crippen LogP contribution in [0.4, 0.5) is 0 Å². The van der Waals surface area contributed by atoms with E-state index in [2.05, 4.69) is 15.1 Å². The van der Waals surface area contributed by atoms with Crippen LogP contribution in [0.2, 0.25) is 0 Å². The Morgan fingerprint density at radius 3 is 2.90 bits per heavy atom. The first-order chi connectivity index (χ1) is 15.0. The van der Waals surface area contributed by atoms with Gasteiger partial charge in [0, 0.05) is 56.5 Å². The van der Waals surface area contributed by atoms with Gasteiger partial charge in [-0.05, 0) is 37.6 Å². The summed E-state index contributed by atoms with van der Waals surface area (Å²) in [7, 11) is 1.81. The lowest BCUT2D eigenvalue weighted by atomic mass is 9.78. The molecule has 0 radical (unpaired) electrons. The standard InChI is InChI=1S/C23H27N5O3/c1-3-26(2)23(30)22-16-11-15(19-5-4-6-21(29)28(19)22)12-27(13-16)14-17-7-8-20(31-17)18-9-10-24-25-18/h4-10,15-16,22H,3,11-14H2,1-2H3,(H,24,25)/t15-,16+,22+/m0/s1. The average Bonchev–Trinajstić information content (AvgIpc) is 3.45. The fraction of sp³-hybridized carbons (Fsp3) is 0.435. The van der Waals surface area contributed by atoms with Crippen molar-refractivity contribution >= 4 is 5.91 Å². The first-order valence-corrected chi connectivity index (χ1v) is 10.8. The molecule has 0 unspecified atom stereocenters. The van der Waals surface area contributed by atoms with Crippen LogP contribution in [0.25, 0.3) is 11.5 Å². The fourth-order valence-corrected chi connectivity index (χ4v) is 5.08. The van der Waals surface area contributed by atoms with Crippen molar-refractivity contribution < 1.29 is 9.21 Å². The number of fused-ring (bicyclic) bond motifs is 4. The molecular weight excluding hydrogens is 394 g/mol. The van der Waals surface area contributed by atoms with Gasteiger partial charge in [-0.1, -0.05) is 6.07 Å². The highest BCUT2D eigenvalue weighted by Gasteiger charge is 2.44. The zero-order chi connectivity index (χ0) is 21.5. The number of rotatable bonds is 5. The third-order valence-corrected chi connectivity index (χ3v) is 6.63. The van der Waals surface area contributed by atoms with E-state index in [1.54, 1.807) is 21.7 Å². The van der Waals surface area contributed by atoms with E-state index in [9.17, 15) is 9.59 Å². The zero-order valence-electron chi connectivity index (χ0n) is 17.8. The minimum Gasteiger partial charge on any atom is -0.458 e. The molecule has 0 spiro atoms. The van der Waals surface area contributed by atoms with Gasteiger partial charge in [0.2, 0.25) is 5.91 Å². The Morgan fingerprint density at radius 1 is 1.26 bits per heavy atom. The number of aromatic amines is 1. The minimum absolute atomic E-state index is 0.0156. The molecule has 8 heteroatoms. The van der Waals surface area contributed by atoms with Crippen molar-refractivity contribution in [2.24, 2.45) is 5.92 Å². The summed E-state index contributed by atoms with van der Waals surface area (Å²) in [5.41, 5.74) is 1.73. The van der Waals surface area contributed by atoms with E-state index in [4.69, 9.17) is 4.42 Å². The molecule has 5 rings (SSSR count). The monoisotopic (exact) mass is 421 g/mol. The number of nitrogens with zero attached hydrogens (tertiary/aromatic N) is 4. The molecule has 8 nitrogen and oxygen atoms in total. The van der Waals surface area contributed by atoms with Gasteiger partial charge < -0.3 is 9.32 Å². The van der Waals surface area contributed by atoms with E-state index in [0.717, 1.165) is 42.4 Å². The predicted molar refractivity (Wildman–Crippen MR) is 115 cm³/mol. The van der Waals surface area contributed by atoms with Gasteiger partial charge >= 0.3 is 0 Å². The van der Waals surface area contributed by atoms with Crippen molar-refractivity contribution in [3.63, 3.8) is 0 Å². The molecule has 162 valence electrons. The largest absolute Gasteiger partial charge is 0.458 e. The van der Waals surface area contributed by atoms with Crippen LogP contribution in [-0.2, 0) is 11.3 Å². The molecule has 3 aromatic rings. The Kier molecular flexibility index (Phi) is 5.02. The summed E-state index contributed by atoms with van der Waals surface area (Å²) in [6.07, 6.45) is 2.62. The number of likely N-dealkylation sites (N-methyl/N-ethyl adjacent to an activating group) is 1. The summed E-state index contributed by atoms with van der Waals surface area (Å²) in [6, 6.07) is 10.7. The predicted octanol–water partition coefficient (Wildman–Crippen LogP) is 2.47. The number of aromatic nitrogens is 3. The average molecular weight is 422 g/mol. The third-order valence-electron chi connectivity index (χ3n) is 6.63. The quantitative estimate of drug-likeness (QED) is 0.684. The summed E-state index contributed by atoms with van der Waals surface area (Å²) >= 11 is 0. The Hall–Kier alpha value is -3.13. The molecular formula is C23H27N5O3. The van der Waals surface area contributed by atoms with Gasteiger partial charge in [-0.15, -0.1) is 0 Å². The van der Waals surface area contributed by atoms with Gasteiger partial charge in [0.1, 0.15) is 17.5 Å². The van der Waals surface area contributed by atoms with E-state index in [-0.39, 0.29) is 23.3 Å². The molecule has 0 saturated carbocycles. The van der Waals surface area contributed by atoms with Crippen LogP contribution < -0.4 is 5.56 Å². The van der Waals surface area contributed by atoms with Gasteiger partial charge in [-0.25, -0.2) is 0 Å². The third kappa shape index (κ3) is 3.50. The molecule has 3 aromatic heterocycles. The lowest BCUT2D eigenvalue weighted by Crippen LogP contribution is -2.53. The summed E-state index contributed by atoms with van der Waals surface area (Å²) in [5.74, 6) is 1.98. The maximum Gasteiger partial charge on any atom is 0.251 e. The molecule has 2 aliphatic rings. The highest BCUT2D eigenvalue weighted by Crippen LogP contribution is 2.42. The smallest absolute Gasteiger partial charge is 0.251 e. The van der Waals surface area contributed by atoms with Crippen LogP contribution in [0.15, 0.2) is 51.8 Å². The number of piperidine rings is 1. The van der Waals surface area contributed by atoms with Gasteiger partial charge in [0.25, 0.3) is 5.56 Å². The number of amides is 1. The summed E-state index contributed by atoms with van der Waals surface area (Å²) in [4.78, 5) is 30.1. The maximum atomic E-state index is 13.3. The second kappa shape index (κ2) is 7.85. The molecule has 0 aliphatic carbocycles. The summed E-state index contributed by atoms with van der Waals surface area (Å²) in [5, 5.41) is 6.90. The Labute approximate surface area is 180 Å². The van der Waals surface area contributed by atoms with Gasteiger partial charge in [-0.3, -0.25) is 24.2 Å². The van der Waals surface area contributed by atoms with E-state index < -0.39 is 6.04 Å². The number of nitrogens with one attached hydrogen (secondary N) is 1. The van der Waals surface area contributed by atoms with Crippen molar-refractivity contribution in [3.8, 4) is 11.5 Å². The number of carbonyl (C=O) groups excluding carboxylic acids is 1. The fourth-order valence-electron chi connectivity index (χ4n) is 5.08. The molecule has 5 heterocycles. The zero-order valence-corrected chi connectivity index (χ0v) is 17.8. The number of likely N-dealkylation sites (tertiary alicyclic amines) is 1. The Morgan fingerprint density at radius 2 is 2.13 bits per heavy atom. The van der Waals surface area contributed by atoms with Crippen molar-refractivity contribution in [1.82, 2.24) is 24.6 Å². The Balaban J connectivity index is 1.43.